The van der Waals surface area contributed by atoms with Crippen LogP contribution in [0.2, 0.25) is 0 Å². The fraction of sp³-hybridized carbons (Fsp3) is 0.500. The summed E-state index contributed by atoms with van der Waals surface area (Å²) in [5.41, 5.74) is 0.818. The van der Waals surface area contributed by atoms with Crippen molar-refractivity contribution in [2.45, 2.75) is 38.5 Å². The van der Waals surface area contributed by atoms with E-state index in [0.29, 0.717) is 36.5 Å². The molecule has 3 heterocycles. The molecule has 0 aliphatic carbocycles. The van der Waals surface area contributed by atoms with Crippen LogP contribution in [-0.4, -0.2) is 45.6 Å². The van der Waals surface area contributed by atoms with Gasteiger partial charge in [-0.2, -0.15) is 4.98 Å². The molecule has 2 aliphatic rings. The van der Waals surface area contributed by atoms with Crippen molar-refractivity contribution in [2.24, 2.45) is 0 Å². The van der Waals surface area contributed by atoms with Crippen LogP contribution in [0.4, 0.5) is 0 Å². The molecule has 1 aromatic heterocycles. The molecule has 1 aromatic carbocycles. The number of aromatic nitrogens is 2. The first kappa shape index (κ1) is 14.5. The zero-order chi connectivity index (χ0) is 16.0. The lowest BCUT2D eigenvalue weighted by Crippen LogP contribution is -2.31. The maximum absolute atomic E-state index is 9.95. The lowest BCUT2D eigenvalue weighted by atomic mass is 10.1. The van der Waals surface area contributed by atoms with Crippen LogP contribution >= 0.6 is 0 Å². The van der Waals surface area contributed by atoms with E-state index in [2.05, 4.69) is 28.9 Å². The first-order chi connectivity index (χ1) is 11.1. The van der Waals surface area contributed by atoms with Gasteiger partial charge in [-0.25, -0.2) is 0 Å². The van der Waals surface area contributed by atoms with Crippen LogP contribution < -0.4 is 9.47 Å². The number of hydrogen-bond acceptors (Lipinski definition) is 7. The van der Waals surface area contributed by atoms with E-state index in [1.54, 1.807) is 0 Å². The Labute approximate surface area is 133 Å². The number of likely N-dealkylation sites (tertiary alicyclic amines) is 1. The van der Waals surface area contributed by atoms with Gasteiger partial charge in [0.05, 0.1) is 12.1 Å². The maximum Gasteiger partial charge on any atom is 0.244 e. The third-order valence-corrected chi connectivity index (χ3v) is 4.34. The minimum absolute atomic E-state index is 0.0414. The normalized spacial score (nSPS) is 23.8. The van der Waals surface area contributed by atoms with Crippen molar-refractivity contribution in [1.29, 1.82) is 0 Å². The molecule has 2 aromatic rings. The van der Waals surface area contributed by atoms with Gasteiger partial charge >= 0.3 is 0 Å². The summed E-state index contributed by atoms with van der Waals surface area (Å²) in [7, 11) is 0. The van der Waals surface area contributed by atoms with Crippen molar-refractivity contribution in [2.75, 3.05) is 13.3 Å². The topological polar surface area (TPSA) is 80.9 Å². The molecule has 2 unspecified atom stereocenters. The monoisotopic (exact) mass is 317 g/mol. The summed E-state index contributed by atoms with van der Waals surface area (Å²) >= 11 is 0. The van der Waals surface area contributed by atoms with Crippen molar-refractivity contribution < 1.29 is 19.1 Å². The van der Waals surface area contributed by atoms with Gasteiger partial charge in [-0.15, -0.1) is 0 Å². The maximum atomic E-state index is 9.95. The summed E-state index contributed by atoms with van der Waals surface area (Å²) in [5.74, 6) is 2.47. The first-order valence-corrected chi connectivity index (χ1v) is 7.79. The number of rotatable bonds is 3. The molecule has 2 atom stereocenters. The average molecular weight is 317 g/mol. The highest BCUT2D eigenvalue weighted by molar-refractivity contribution is 5.61. The Morgan fingerprint density at radius 3 is 2.91 bits per heavy atom. The van der Waals surface area contributed by atoms with Gasteiger partial charge < -0.3 is 19.1 Å². The van der Waals surface area contributed by atoms with E-state index in [1.807, 2.05) is 18.2 Å². The van der Waals surface area contributed by atoms with Crippen LogP contribution in [-0.2, 0) is 0 Å². The summed E-state index contributed by atoms with van der Waals surface area (Å²) in [6.07, 6.45) is 0.254. The van der Waals surface area contributed by atoms with Gasteiger partial charge in [0.1, 0.15) is 0 Å². The lowest BCUT2D eigenvalue weighted by Gasteiger charge is -2.25. The highest BCUT2D eigenvalue weighted by Crippen LogP contribution is 2.37. The van der Waals surface area contributed by atoms with Crippen LogP contribution in [0.1, 0.15) is 32.2 Å². The zero-order valence-corrected chi connectivity index (χ0v) is 13.1. The van der Waals surface area contributed by atoms with E-state index < -0.39 is 0 Å². The molecule has 1 N–H and O–H groups in total. The lowest BCUT2D eigenvalue weighted by molar-refractivity contribution is 0.150. The minimum Gasteiger partial charge on any atom is -0.454 e. The Hall–Kier alpha value is -2.12. The highest BCUT2D eigenvalue weighted by Gasteiger charge is 2.37. The molecule has 0 saturated carbocycles. The summed E-state index contributed by atoms with van der Waals surface area (Å²) < 4.78 is 16.2. The van der Waals surface area contributed by atoms with Crippen molar-refractivity contribution in [3.63, 3.8) is 0 Å². The third-order valence-electron chi connectivity index (χ3n) is 4.34. The van der Waals surface area contributed by atoms with Crippen LogP contribution in [0.5, 0.6) is 11.5 Å². The fourth-order valence-corrected chi connectivity index (χ4v) is 3.18. The molecule has 7 nitrogen and oxygen atoms in total. The van der Waals surface area contributed by atoms with Gasteiger partial charge in [-0.3, -0.25) is 4.90 Å². The molecule has 0 spiro atoms. The van der Waals surface area contributed by atoms with Gasteiger partial charge in [0.2, 0.25) is 18.5 Å². The van der Waals surface area contributed by atoms with Crippen LogP contribution in [0.25, 0.3) is 11.4 Å². The Morgan fingerprint density at radius 2 is 2.09 bits per heavy atom. The Bertz CT molecular complexity index is 715. The largest absolute Gasteiger partial charge is 0.454 e. The smallest absolute Gasteiger partial charge is 0.244 e. The summed E-state index contributed by atoms with van der Waals surface area (Å²) in [4.78, 5) is 6.71. The Morgan fingerprint density at radius 1 is 1.26 bits per heavy atom. The van der Waals surface area contributed by atoms with E-state index >= 15 is 0 Å². The Balaban J connectivity index is 1.61. The highest BCUT2D eigenvalue weighted by atomic mass is 16.7. The SMILES string of the molecule is CC(C)N1CC(O)CC1c1nc(-c2ccc3c(c2)OCO3)no1. The van der Waals surface area contributed by atoms with Crippen molar-refractivity contribution in [1.82, 2.24) is 15.0 Å². The molecule has 0 amide bonds. The molecule has 7 heteroatoms. The molecule has 2 aliphatic heterocycles. The molecule has 4 rings (SSSR count). The van der Waals surface area contributed by atoms with Crippen LogP contribution in [0.15, 0.2) is 22.7 Å². The van der Waals surface area contributed by atoms with Gasteiger partial charge in [0.15, 0.2) is 11.5 Å². The van der Waals surface area contributed by atoms with E-state index in [0.717, 1.165) is 11.3 Å². The molecule has 23 heavy (non-hydrogen) atoms. The molecular weight excluding hydrogens is 298 g/mol. The fourth-order valence-electron chi connectivity index (χ4n) is 3.18. The van der Waals surface area contributed by atoms with E-state index in [9.17, 15) is 5.11 Å². The van der Waals surface area contributed by atoms with Gasteiger partial charge in [-0.1, -0.05) is 5.16 Å². The number of benzene rings is 1. The van der Waals surface area contributed by atoms with Gasteiger partial charge in [-0.05, 0) is 38.5 Å². The second-order valence-electron chi connectivity index (χ2n) is 6.22. The molecule has 1 saturated heterocycles. The quantitative estimate of drug-likeness (QED) is 0.927. The predicted octanol–water partition coefficient (Wildman–Crippen LogP) is 1.98. The molecule has 122 valence electrons. The molecule has 0 bridgehead atoms. The van der Waals surface area contributed by atoms with Crippen LogP contribution in [0.3, 0.4) is 0 Å². The van der Waals surface area contributed by atoms with Crippen molar-refractivity contribution in [3.8, 4) is 22.9 Å². The summed E-state index contributed by atoms with van der Waals surface area (Å²) in [5, 5.41) is 14.0. The second-order valence-corrected chi connectivity index (χ2v) is 6.22. The number of nitrogens with zero attached hydrogens (tertiary/aromatic N) is 3. The Kier molecular flexibility index (Phi) is 3.46. The first-order valence-electron chi connectivity index (χ1n) is 7.79. The second kappa shape index (κ2) is 5.50. The predicted molar refractivity (Wildman–Crippen MR) is 81.1 cm³/mol. The van der Waals surface area contributed by atoms with Crippen molar-refractivity contribution in [3.05, 3.63) is 24.1 Å². The standard InChI is InChI=1S/C16H19N3O4/c1-9(2)19-7-11(20)6-12(19)16-17-15(18-23-16)10-3-4-13-14(5-10)22-8-21-13/h3-5,9,11-12,20H,6-8H2,1-2H3. The summed E-state index contributed by atoms with van der Waals surface area (Å²) in [6.45, 7) is 5.06. The van der Waals surface area contributed by atoms with E-state index in [-0.39, 0.29) is 18.9 Å². The molecule has 0 radical (unpaired) electrons. The van der Waals surface area contributed by atoms with Crippen LogP contribution in [0, 0.1) is 0 Å². The van der Waals surface area contributed by atoms with E-state index in [4.69, 9.17) is 14.0 Å². The third kappa shape index (κ3) is 2.55. The van der Waals surface area contributed by atoms with Crippen molar-refractivity contribution >= 4 is 0 Å². The number of aliphatic hydroxyl groups is 1. The average Bonchev–Trinajstić information content (AvgIpc) is 3.24. The zero-order valence-electron chi connectivity index (χ0n) is 13.1. The number of aliphatic hydroxyl groups excluding tert-OH is 1. The number of ether oxygens (including phenoxy) is 2. The molecular formula is C16H19N3O4. The number of β-amino-alcohol motifs (C(OH)–C–C–N with tert-alkyl or cyclic N) is 1. The number of hydrogen-bond donors (Lipinski definition) is 1. The number of fused-ring (bicyclic) bond motifs is 1. The van der Waals surface area contributed by atoms with E-state index in [1.165, 1.54) is 0 Å². The summed E-state index contributed by atoms with van der Waals surface area (Å²) in [6, 6.07) is 5.83. The molecule has 1 fully saturated rings. The minimum atomic E-state index is -0.358. The van der Waals surface area contributed by atoms with Gasteiger partial charge in [0, 0.05) is 18.2 Å². The van der Waals surface area contributed by atoms with Gasteiger partial charge in [0.25, 0.3) is 0 Å².